The maximum atomic E-state index is 14.5. The first kappa shape index (κ1) is 21.2. The second-order valence-electron chi connectivity index (χ2n) is 7.32. The normalized spacial score (nSPS) is 20.7. The lowest BCUT2D eigenvalue weighted by Gasteiger charge is -2.19. The molecule has 2 atom stereocenters. The van der Waals surface area contributed by atoms with Crippen LogP contribution in [0, 0.1) is 5.82 Å². The average Bonchev–Trinajstić information content (AvgIpc) is 3.25. The van der Waals surface area contributed by atoms with Crippen LogP contribution in [-0.2, 0) is 22.4 Å². The minimum absolute atomic E-state index is 0.00432. The molecule has 1 N–H and O–H groups in total. The highest BCUT2D eigenvalue weighted by atomic mass is 32.2. The second-order valence-corrected chi connectivity index (χ2v) is 8.49. The molecule has 0 aromatic heterocycles. The largest absolute Gasteiger partial charge is 0.454 e. The minimum atomic E-state index is -0.546. The zero-order valence-corrected chi connectivity index (χ0v) is 17.6. The summed E-state index contributed by atoms with van der Waals surface area (Å²) in [5.41, 5.74) is 1.63. The van der Waals surface area contributed by atoms with Crippen molar-refractivity contribution in [2.24, 2.45) is 0 Å². The van der Waals surface area contributed by atoms with Crippen molar-refractivity contribution >= 4 is 29.0 Å². The Bertz CT molecular complexity index is 1010. The summed E-state index contributed by atoms with van der Waals surface area (Å²) in [5, 5.41) is 1.29. The van der Waals surface area contributed by atoms with Gasteiger partial charge in [0.15, 0.2) is 11.6 Å². The van der Waals surface area contributed by atoms with E-state index in [2.05, 4.69) is 5.32 Å². The fourth-order valence-electron chi connectivity index (χ4n) is 3.63. The van der Waals surface area contributed by atoms with Crippen LogP contribution in [0.1, 0.15) is 18.1 Å². The van der Waals surface area contributed by atoms with Crippen molar-refractivity contribution < 1.29 is 28.2 Å². The van der Waals surface area contributed by atoms with Crippen molar-refractivity contribution in [1.29, 1.82) is 0 Å². The van der Waals surface area contributed by atoms with Gasteiger partial charge in [0.1, 0.15) is 12.4 Å². The highest BCUT2D eigenvalue weighted by Crippen LogP contribution is 2.28. The Morgan fingerprint density at radius 1 is 1.13 bits per heavy atom. The highest BCUT2D eigenvalue weighted by molar-refractivity contribution is 8.15. The first-order chi connectivity index (χ1) is 14.9. The second kappa shape index (κ2) is 8.97. The number of rotatable bonds is 7. The standard InChI is InChI=1S/C22H21FN2O5S/c1-2-25-15(12-29-22(25)28)9-13-3-6-16(7-4-13)30-18-8-5-14(10-17(18)23)11-19-20(26)24-21(27)31-19/h3-8,10,15,19H,2,9,11-12H2,1H3,(H,24,26,27). The molecule has 2 saturated heterocycles. The molecule has 3 amide bonds. The molecule has 2 aliphatic rings. The first-order valence-electron chi connectivity index (χ1n) is 9.93. The van der Waals surface area contributed by atoms with Gasteiger partial charge in [0.25, 0.3) is 5.24 Å². The monoisotopic (exact) mass is 444 g/mol. The Hall–Kier alpha value is -3.07. The fraction of sp³-hybridized carbons (Fsp3) is 0.318. The van der Waals surface area contributed by atoms with E-state index in [1.54, 1.807) is 23.1 Å². The van der Waals surface area contributed by atoms with Gasteiger partial charge in [-0.1, -0.05) is 30.0 Å². The molecule has 2 aromatic carbocycles. The van der Waals surface area contributed by atoms with E-state index in [0.717, 1.165) is 17.3 Å². The SMILES string of the molecule is CCN1C(=O)OCC1Cc1ccc(Oc2ccc(CC3SC(=O)NC3=O)cc2F)cc1. The lowest BCUT2D eigenvalue weighted by Crippen LogP contribution is -2.34. The Morgan fingerprint density at radius 2 is 1.87 bits per heavy atom. The number of benzene rings is 2. The van der Waals surface area contributed by atoms with E-state index in [0.29, 0.717) is 30.9 Å². The Morgan fingerprint density at radius 3 is 2.52 bits per heavy atom. The summed E-state index contributed by atoms with van der Waals surface area (Å²) < 4.78 is 25.3. The van der Waals surface area contributed by atoms with Crippen LogP contribution in [0.15, 0.2) is 42.5 Å². The maximum Gasteiger partial charge on any atom is 0.410 e. The number of carbonyl (C=O) groups is 3. The molecule has 2 aromatic rings. The molecule has 162 valence electrons. The van der Waals surface area contributed by atoms with Crippen molar-refractivity contribution in [3.05, 3.63) is 59.4 Å². The summed E-state index contributed by atoms with van der Waals surface area (Å²) in [6, 6.07) is 11.8. The summed E-state index contributed by atoms with van der Waals surface area (Å²) in [7, 11) is 0. The first-order valence-corrected chi connectivity index (χ1v) is 10.8. The number of amides is 3. The molecule has 9 heteroatoms. The van der Waals surface area contributed by atoms with Crippen LogP contribution in [0.5, 0.6) is 11.5 Å². The van der Waals surface area contributed by atoms with Crippen molar-refractivity contribution in [1.82, 2.24) is 10.2 Å². The number of thioether (sulfide) groups is 1. The molecule has 0 bridgehead atoms. The van der Waals surface area contributed by atoms with Gasteiger partial charge in [-0.2, -0.15) is 0 Å². The van der Waals surface area contributed by atoms with Crippen LogP contribution >= 0.6 is 11.8 Å². The molecular weight excluding hydrogens is 423 g/mol. The smallest absolute Gasteiger partial charge is 0.410 e. The number of hydrogen-bond acceptors (Lipinski definition) is 6. The molecule has 2 unspecified atom stereocenters. The van der Waals surface area contributed by atoms with Crippen molar-refractivity contribution in [2.75, 3.05) is 13.2 Å². The van der Waals surface area contributed by atoms with Crippen molar-refractivity contribution in [3.8, 4) is 11.5 Å². The number of hydrogen-bond donors (Lipinski definition) is 1. The van der Waals surface area contributed by atoms with Crippen LogP contribution in [-0.4, -0.2) is 46.6 Å². The zero-order valence-electron chi connectivity index (χ0n) is 16.8. The van der Waals surface area contributed by atoms with E-state index >= 15 is 0 Å². The van der Waals surface area contributed by atoms with E-state index in [1.165, 1.54) is 12.1 Å². The van der Waals surface area contributed by atoms with Gasteiger partial charge in [0, 0.05) is 6.54 Å². The van der Waals surface area contributed by atoms with Gasteiger partial charge in [0.05, 0.1) is 11.3 Å². The lowest BCUT2D eigenvalue weighted by atomic mass is 10.1. The van der Waals surface area contributed by atoms with E-state index in [9.17, 15) is 18.8 Å². The zero-order chi connectivity index (χ0) is 22.0. The van der Waals surface area contributed by atoms with Gasteiger partial charge in [-0.15, -0.1) is 0 Å². The van der Waals surface area contributed by atoms with Gasteiger partial charge >= 0.3 is 6.09 Å². The van der Waals surface area contributed by atoms with E-state index in [4.69, 9.17) is 9.47 Å². The Labute approximate surface area is 182 Å². The fourth-order valence-corrected chi connectivity index (χ4v) is 4.49. The quantitative estimate of drug-likeness (QED) is 0.697. The van der Waals surface area contributed by atoms with Crippen LogP contribution in [0.2, 0.25) is 0 Å². The molecule has 31 heavy (non-hydrogen) atoms. The molecule has 0 spiro atoms. The minimum Gasteiger partial charge on any atom is -0.454 e. The van der Waals surface area contributed by atoms with E-state index in [1.807, 2.05) is 19.1 Å². The van der Waals surface area contributed by atoms with E-state index < -0.39 is 11.1 Å². The summed E-state index contributed by atoms with van der Waals surface area (Å²) in [6.45, 7) is 2.88. The van der Waals surface area contributed by atoms with Crippen LogP contribution < -0.4 is 10.1 Å². The van der Waals surface area contributed by atoms with Gasteiger partial charge < -0.3 is 14.4 Å². The van der Waals surface area contributed by atoms with Gasteiger partial charge in [-0.25, -0.2) is 9.18 Å². The lowest BCUT2D eigenvalue weighted by molar-refractivity contribution is -0.118. The third kappa shape index (κ3) is 4.82. The molecule has 0 saturated carbocycles. The number of nitrogens with one attached hydrogen (secondary N) is 1. The van der Waals surface area contributed by atoms with E-state index in [-0.39, 0.29) is 35.5 Å². The van der Waals surface area contributed by atoms with Crippen molar-refractivity contribution in [2.45, 2.75) is 31.1 Å². The summed E-state index contributed by atoms with van der Waals surface area (Å²) >= 11 is 0.912. The average molecular weight is 444 g/mol. The van der Waals surface area contributed by atoms with Crippen LogP contribution in [0.3, 0.4) is 0 Å². The van der Waals surface area contributed by atoms with Crippen LogP contribution in [0.25, 0.3) is 0 Å². The highest BCUT2D eigenvalue weighted by Gasteiger charge is 2.32. The predicted molar refractivity (Wildman–Crippen MR) is 113 cm³/mol. The summed E-state index contributed by atoms with van der Waals surface area (Å²) in [6.07, 6.45) is 0.638. The maximum absolute atomic E-state index is 14.5. The van der Waals surface area contributed by atoms with Crippen molar-refractivity contribution in [3.63, 3.8) is 0 Å². The molecular formula is C22H21FN2O5S. The number of cyclic esters (lactones) is 1. The number of ether oxygens (including phenoxy) is 2. The Balaban J connectivity index is 1.37. The topological polar surface area (TPSA) is 84.9 Å². The molecule has 4 rings (SSSR count). The summed E-state index contributed by atoms with van der Waals surface area (Å²) in [4.78, 5) is 36.3. The number of halogens is 1. The number of likely N-dealkylation sites (N-methyl/N-ethyl adjacent to an activating group) is 1. The Kier molecular flexibility index (Phi) is 6.13. The molecule has 7 nitrogen and oxygen atoms in total. The van der Waals surface area contributed by atoms with Gasteiger partial charge in [-0.05, 0) is 55.2 Å². The molecule has 0 aliphatic carbocycles. The van der Waals surface area contributed by atoms with Gasteiger partial charge in [0.2, 0.25) is 5.91 Å². The number of carbonyl (C=O) groups excluding carboxylic acids is 3. The summed E-state index contributed by atoms with van der Waals surface area (Å²) in [5.74, 6) is -0.344. The molecule has 0 radical (unpaired) electrons. The molecule has 2 fully saturated rings. The molecule has 2 aliphatic heterocycles. The predicted octanol–water partition coefficient (Wildman–Crippen LogP) is 3.90. The number of nitrogens with zero attached hydrogens (tertiary/aromatic N) is 1. The molecule has 2 heterocycles. The number of imide groups is 1. The van der Waals surface area contributed by atoms with Gasteiger partial charge in [-0.3, -0.25) is 14.9 Å². The third-order valence-corrected chi connectivity index (χ3v) is 6.20. The third-order valence-electron chi connectivity index (χ3n) is 5.22. The van der Waals surface area contributed by atoms with Crippen LogP contribution in [0.4, 0.5) is 14.0 Å².